The van der Waals surface area contributed by atoms with E-state index >= 15 is 0 Å². The number of thioether (sulfide) groups is 1. The molecule has 1 N–H and O–H groups in total. The van der Waals surface area contributed by atoms with Gasteiger partial charge in [0.25, 0.3) is 5.91 Å². The lowest BCUT2D eigenvalue weighted by Gasteiger charge is -2.56. The van der Waals surface area contributed by atoms with Crippen molar-refractivity contribution in [1.82, 2.24) is 10.2 Å². The van der Waals surface area contributed by atoms with Gasteiger partial charge in [0, 0.05) is 23.4 Å². The standard InChI is InChI=1S/C24H30N2O2S3/c27-21(25-24-13-16-9-17(14-24)11-18(10-16)15-24)6-2-1-3-7-26-22(28)20(31-23(26)29)12-19-5-4-8-30-19/h4-5,8,12,16-18H,1-3,6-7,9-11,13-15H2,(H,25,27)/b20-12-. The van der Waals surface area contributed by atoms with Crippen LogP contribution in [0.1, 0.15) is 69.1 Å². The van der Waals surface area contributed by atoms with Crippen molar-refractivity contribution in [3.05, 3.63) is 27.3 Å². The summed E-state index contributed by atoms with van der Waals surface area (Å²) in [5.41, 5.74) is 0.114. The lowest BCUT2D eigenvalue weighted by Crippen LogP contribution is -2.59. The van der Waals surface area contributed by atoms with Crippen LogP contribution in [0.25, 0.3) is 6.08 Å². The quantitative estimate of drug-likeness (QED) is 0.303. The van der Waals surface area contributed by atoms with E-state index in [-0.39, 0.29) is 17.4 Å². The molecular formula is C24H30N2O2S3. The van der Waals surface area contributed by atoms with Gasteiger partial charge in [-0.1, -0.05) is 36.5 Å². The maximum Gasteiger partial charge on any atom is 0.266 e. The number of rotatable bonds is 8. The fraction of sp³-hybridized carbons (Fsp3) is 0.625. The third-order valence-electron chi connectivity index (χ3n) is 7.42. The molecule has 0 aromatic carbocycles. The third kappa shape index (κ3) is 4.79. The Bertz CT molecular complexity index is 857. The number of carbonyl (C=O) groups excluding carboxylic acids is 2. The predicted molar refractivity (Wildman–Crippen MR) is 132 cm³/mol. The van der Waals surface area contributed by atoms with Crippen molar-refractivity contribution in [3.8, 4) is 0 Å². The SMILES string of the molecule is O=C(CCCCCN1C(=O)/C(=C/c2cccs2)SC1=S)NC12CC3CC(CC(C3)C1)C2. The molecule has 6 rings (SSSR count). The second kappa shape index (κ2) is 8.99. The van der Waals surface area contributed by atoms with Gasteiger partial charge < -0.3 is 5.32 Å². The van der Waals surface area contributed by atoms with Crippen molar-refractivity contribution in [1.29, 1.82) is 0 Å². The molecule has 1 saturated heterocycles. The van der Waals surface area contributed by atoms with Crippen LogP contribution in [0.2, 0.25) is 0 Å². The van der Waals surface area contributed by atoms with Gasteiger partial charge in [-0.25, -0.2) is 0 Å². The van der Waals surface area contributed by atoms with E-state index in [1.54, 1.807) is 16.2 Å². The second-order valence-electron chi connectivity index (χ2n) is 9.91. The van der Waals surface area contributed by atoms with Gasteiger partial charge >= 0.3 is 0 Å². The average Bonchev–Trinajstić information content (AvgIpc) is 3.29. The van der Waals surface area contributed by atoms with Gasteiger partial charge in [-0.3, -0.25) is 14.5 Å². The number of nitrogens with one attached hydrogen (secondary N) is 1. The summed E-state index contributed by atoms with van der Waals surface area (Å²) in [6, 6.07) is 3.99. The number of amides is 2. The molecule has 5 aliphatic rings. The number of nitrogens with zero attached hydrogens (tertiary/aromatic N) is 1. The predicted octanol–water partition coefficient (Wildman–Crippen LogP) is 5.59. The lowest BCUT2D eigenvalue weighted by molar-refractivity contribution is -0.127. The van der Waals surface area contributed by atoms with Crippen LogP contribution >= 0.6 is 35.3 Å². The van der Waals surface area contributed by atoms with Crippen LogP contribution in [0.15, 0.2) is 22.4 Å². The Morgan fingerprint density at radius 2 is 1.87 bits per heavy atom. The molecular weight excluding hydrogens is 444 g/mol. The van der Waals surface area contributed by atoms with Gasteiger partial charge in [0.1, 0.15) is 4.32 Å². The summed E-state index contributed by atoms with van der Waals surface area (Å²) < 4.78 is 0.646. The molecule has 4 nitrogen and oxygen atoms in total. The van der Waals surface area contributed by atoms with Crippen LogP contribution < -0.4 is 5.32 Å². The van der Waals surface area contributed by atoms with Crippen LogP contribution in [0.3, 0.4) is 0 Å². The Morgan fingerprint density at radius 1 is 1.16 bits per heavy atom. The van der Waals surface area contributed by atoms with Crippen LogP contribution in [-0.2, 0) is 9.59 Å². The maximum atomic E-state index is 12.7. The number of unbranched alkanes of at least 4 members (excludes halogenated alkanes) is 2. The Labute approximate surface area is 198 Å². The minimum atomic E-state index is 0.0166. The monoisotopic (exact) mass is 474 g/mol. The molecule has 2 heterocycles. The number of hydrogen-bond acceptors (Lipinski definition) is 5. The Kier molecular flexibility index (Phi) is 6.28. The molecule has 0 atom stereocenters. The van der Waals surface area contributed by atoms with Crippen molar-refractivity contribution >= 4 is 57.5 Å². The number of thiophene rings is 1. The zero-order valence-electron chi connectivity index (χ0n) is 17.8. The number of hydrogen-bond donors (Lipinski definition) is 1. The summed E-state index contributed by atoms with van der Waals surface area (Å²) in [5.74, 6) is 2.80. The largest absolute Gasteiger partial charge is 0.351 e. The van der Waals surface area contributed by atoms with Gasteiger partial charge in [0.2, 0.25) is 5.91 Å². The fourth-order valence-corrected chi connectivity index (χ4v) is 8.58. The highest BCUT2D eigenvalue weighted by atomic mass is 32.2. The Morgan fingerprint density at radius 3 is 2.52 bits per heavy atom. The molecule has 0 unspecified atom stereocenters. The summed E-state index contributed by atoms with van der Waals surface area (Å²) in [7, 11) is 0. The summed E-state index contributed by atoms with van der Waals surface area (Å²) in [6.45, 7) is 0.642. The molecule has 0 radical (unpaired) electrons. The van der Waals surface area contributed by atoms with Gasteiger partial charge in [0.15, 0.2) is 0 Å². The summed E-state index contributed by atoms with van der Waals surface area (Å²) in [4.78, 5) is 28.8. The van der Waals surface area contributed by atoms with Gasteiger partial charge in [-0.2, -0.15) is 0 Å². The molecule has 166 valence electrons. The van der Waals surface area contributed by atoms with Crippen molar-refractivity contribution in [2.45, 2.75) is 69.7 Å². The van der Waals surface area contributed by atoms with E-state index in [0.717, 1.165) is 41.9 Å². The number of carbonyl (C=O) groups is 2. The van der Waals surface area contributed by atoms with E-state index in [0.29, 0.717) is 22.2 Å². The first-order valence-corrected chi connectivity index (χ1v) is 13.7. The maximum absolute atomic E-state index is 12.7. The lowest BCUT2D eigenvalue weighted by atomic mass is 9.53. The Balaban J connectivity index is 1.04. The molecule has 4 aliphatic carbocycles. The van der Waals surface area contributed by atoms with Crippen molar-refractivity contribution in [3.63, 3.8) is 0 Å². The summed E-state index contributed by atoms with van der Waals surface area (Å²) in [6.07, 6.45) is 13.0. The first-order valence-electron chi connectivity index (χ1n) is 11.6. The van der Waals surface area contributed by atoms with Gasteiger partial charge in [-0.05, 0) is 86.6 Å². The van der Waals surface area contributed by atoms with Crippen LogP contribution in [0.5, 0.6) is 0 Å². The molecule has 1 aromatic heterocycles. The molecule has 1 aliphatic heterocycles. The van der Waals surface area contributed by atoms with E-state index in [4.69, 9.17) is 12.2 Å². The van der Waals surface area contributed by atoms with Crippen molar-refractivity contribution in [2.75, 3.05) is 6.54 Å². The molecule has 7 heteroatoms. The van der Waals surface area contributed by atoms with E-state index in [2.05, 4.69) is 5.32 Å². The zero-order chi connectivity index (χ0) is 21.4. The Hall–Kier alpha value is -1.18. The average molecular weight is 475 g/mol. The molecule has 2 amide bonds. The normalized spacial score (nSPS) is 33.0. The smallest absolute Gasteiger partial charge is 0.266 e. The van der Waals surface area contributed by atoms with E-state index in [1.165, 1.54) is 50.3 Å². The fourth-order valence-electron chi connectivity index (χ4n) is 6.55. The summed E-state index contributed by atoms with van der Waals surface area (Å²) >= 11 is 8.43. The van der Waals surface area contributed by atoms with Gasteiger partial charge in [-0.15, -0.1) is 11.3 Å². The molecule has 4 saturated carbocycles. The van der Waals surface area contributed by atoms with E-state index < -0.39 is 0 Å². The van der Waals surface area contributed by atoms with E-state index in [1.807, 2.05) is 23.6 Å². The van der Waals surface area contributed by atoms with Crippen molar-refractivity contribution in [2.24, 2.45) is 17.8 Å². The molecule has 1 aromatic rings. The van der Waals surface area contributed by atoms with Crippen LogP contribution in [0.4, 0.5) is 0 Å². The second-order valence-corrected chi connectivity index (χ2v) is 12.6. The molecule has 31 heavy (non-hydrogen) atoms. The van der Waals surface area contributed by atoms with Crippen molar-refractivity contribution < 1.29 is 9.59 Å². The van der Waals surface area contributed by atoms with E-state index in [9.17, 15) is 9.59 Å². The zero-order valence-corrected chi connectivity index (χ0v) is 20.3. The highest BCUT2D eigenvalue weighted by molar-refractivity contribution is 8.26. The molecule has 4 bridgehead atoms. The highest BCUT2D eigenvalue weighted by Gasteiger charge is 2.51. The minimum absolute atomic E-state index is 0.0166. The third-order valence-corrected chi connectivity index (χ3v) is 9.62. The minimum Gasteiger partial charge on any atom is -0.351 e. The van der Waals surface area contributed by atoms with Crippen LogP contribution in [-0.4, -0.2) is 33.1 Å². The summed E-state index contributed by atoms with van der Waals surface area (Å²) in [5, 5.41) is 5.47. The number of thiocarbonyl (C=S) groups is 1. The molecule has 0 spiro atoms. The first-order chi connectivity index (χ1) is 15.0. The molecule has 5 fully saturated rings. The first kappa shape index (κ1) is 21.7. The van der Waals surface area contributed by atoms with Gasteiger partial charge in [0.05, 0.1) is 4.91 Å². The topological polar surface area (TPSA) is 49.4 Å². The van der Waals surface area contributed by atoms with Crippen LogP contribution in [0, 0.1) is 17.8 Å². The highest BCUT2D eigenvalue weighted by Crippen LogP contribution is 2.55.